The molecule has 4 nitrogen and oxygen atoms in total. The van der Waals surface area contributed by atoms with Crippen LogP contribution in [0.2, 0.25) is 0 Å². The Morgan fingerprint density at radius 3 is 2.18 bits per heavy atom. The number of fused-ring (bicyclic) bond motifs is 2. The minimum absolute atomic E-state index is 0. The fraction of sp³-hybridized carbons (Fsp3) is 0.433. The van der Waals surface area contributed by atoms with Crippen LogP contribution in [0, 0.1) is 0 Å². The molecule has 0 saturated carbocycles. The van der Waals surface area contributed by atoms with Gasteiger partial charge in [-0.15, -0.1) is 0 Å². The lowest BCUT2D eigenvalue weighted by Crippen LogP contribution is -3.00. The number of quaternary nitrogens is 2. The lowest BCUT2D eigenvalue weighted by Gasteiger charge is -2.28. The Hall–Kier alpha value is -0.680. The standard InChI is InChI=1S/C30H43N4S2.3BrH/c1-33(2,3)23-13-21-31-25-15-7-9-17-27(25)35-29(31)19-11-12-20-30-32(22-14-24-34(4,5)6)26-16-8-10-18-28(26)36-30;;;/h7-12,15-20,29H,13-14,21-24H2,1-6H3;3*1H/q+3;;;/p-3/b19-11+,20-12+;;;. The number of allylic oxidation sites excluding steroid dienone is 2. The van der Waals surface area contributed by atoms with Crippen molar-refractivity contribution in [2.24, 2.45) is 0 Å². The largest absolute Gasteiger partial charge is 1.00 e. The Morgan fingerprint density at radius 1 is 0.821 bits per heavy atom. The van der Waals surface area contributed by atoms with Crippen molar-refractivity contribution in [3.05, 3.63) is 71.8 Å². The molecule has 2 aromatic carbocycles. The first-order valence-electron chi connectivity index (χ1n) is 13.0. The Morgan fingerprint density at radius 2 is 1.46 bits per heavy atom. The second kappa shape index (κ2) is 16.1. The van der Waals surface area contributed by atoms with Gasteiger partial charge in [0.15, 0.2) is 6.54 Å². The molecule has 0 bridgehead atoms. The third kappa shape index (κ3) is 10.6. The van der Waals surface area contributed by atoms with E-state index in [0.717, 1.165) is 22.1 Å². The van der Waals surface area contributed by atoms with Gasteiger partial charge in [0.1, 0.15) is 4.70 Å². The molecule has 39 heavy (non-hydrogen) atoms. The maximum absolute atomic E-state index is 2.57. The minimum Gasteiger partial charge on any atom is -1.00 e. The second-order valence-electron chi connectivity index (χ2n) is 11.7. The van der Waals surface area contributed by atoms with Crippen molar-refractivity contribution in [2.45, 2.75) is 29.7 Å². The summed E-state index contributed by atoms with van der Waals surface area (Å²) in [5, 5.41) is 1.67. The average Bonchev–Trinajstić information content (AvgIpc) is 3.33. The van der Waals surface area contributed by atoms with Gasteiger partial charge in [-0.3, -0.25) is 0 Å². The van der Waals surface area contributed by atoms with Gasteiger partial charge in [-0.05, 0) is 18.2 Å². The van der Waals surface area contributed by atoms with E-state index in [0.29, 0.717) is 5.37 Å². The molecule has 1 aliphatic rings. The molecule has 4 rings (SSSR count). The zero-order chi connectivity index (χ0) is 25.8. The summed E-state index contributed by atoms with van der Waals surface area (Å²) in [5.41, 5.74) is 2.72. The van der Waals surface area contributed by atoms with Gasteiger partial charge in [0, 0.05) is 30.0 Å². The fourth-order valence-electron chi connectivity index (χ4n) is 4.64. The molecule has 0 saturated heterocycles. The van der Waals surface area contributed by atoms with Gasteiger partial charge in [0.2, 0.25) is 5.52 Å². The molecular weight excluding hydrogens is 720 g/mol. The van der Waals surface area contributed by atoms with Gasteiger partial charge in [0.25, 0.3) is 5.01 Å². The third-order valence-corrected chi connectivity index (χ3v) is 8.81. The van der Waals surface area contributed by atoms with E-state index < -0.39 is 0 Å². The highest BCUT2D eigenvalue weighted by Crippen LogP contribution is 2.43. The molecule has 0 amide bonds. The number of nitrogens with zero attached hydrogens (tertiary/aromatic N) is 4. The summed E-state index contributed by atoms with van der Waals surface area (Å²) in [4.78, 5) is 3.96. The van der Waals surface area contributed by atoms with Crippen LogP contribution in [0.15, 0.2) is 71.7 Å². The zero-order valence-electron chi connectivity index (χ0n) is 24.0. The van der Waals surface area contributed by atoms with Crippen LogP contribution in [0.25, 0.3) is 16.3 Å². The number of thioether (sulfide) groups is 1. The van der Waals surface area contributed by atoms with E-state index in [4.69, 9.17) is 0 Å². The van der Waals surface area contributed by atoms with E-state index in [1.165, 1.54) is 51.7 Å². The van der Waals surface area contributed by atoms with Crippen molar-refractivity contribution in [1.82, 2.24) is 0 Å². The molecule has 0 N–H and O–H groups in total. The van der Waals surface area contributed by atoms with E-state index in [9.17, 15) is 0 Å². The van der Waals surface area contributed by atoms with Gasteiger partial charge in [0.05, 0.1) is 72.9 Å². The van der Waals surface area contributed by atoms with Crippen molar-refractivity contribution in [3.63, 3.8) is 0 Å². The zero-order valence-corrected chi connectivity index (χ0v) is 30.4. The molecular formula is C30H43Br3N4S2. The summed E-state index contributed by atoms with van der Waals surface area (Å²) in [5.74, 6) is 0. The summed E-state index contributed by atoms with van der Waals surface area (Å²) in [6.45, 7) is 4.49. The van der Waals surface area contributed by atoms with Gasteiger partial charge >= 0.3 is 0 Å². The highest BCUT2D eigenvalue weighted by Gasteiger charge is 2.28. The molecule has 9 heteroatoms. The van der Waals surface area contributed by atoms with Crippen molar-refractivity contribution < 1.29 is 64.5 Å². The monoisotopic (exact) mass is 760 g/mol. The number of anilines is 1. The number of aryl methyl sites for hydroxylation is 1. The maximum Gasteiger partial charge on any atom is 0.262 e. The van der Waals surface area contributed by atoms with Crippen LogP contribution >= 0.6 is 23.1 Å². The molecule has 0 radical (unpaired) electrons. The topological polar surface area (TPSA) is 7.12 Å². The second-order valence-corrected chi connectivity index (χ2v) is 13.9. The Bertz CT molecular complexity index is 1230. The Labute approximate surface area is 275 Å². The predicted octanol–water partition coefficient (Wildman–Crippen LogP) is -3.10. The SMILES string of the molecule is C[N+](C)(C)CCCN1c2ccccc2SC1/C=C/C=C/c1sc2ccccc2[n+]1CCC[N+](C)(C)C.[Br-].[Br-].[Br-]. The van der Waals surface area contributed by atoms with Crippen LogP contribution in [-0.4, -0.2) is 76.3 Å². The smallest absolute Gasteiger partial charge is 0.262 e. The van der Waals surface area contributed by atoms with Crippen molar-refractivity contribution >= 4 is 45.1 Å². The first-order chi connectivity index (χ1) is 17.1. The van der Waals surface area contributed by atoms with Crippen LogP contribution in [0.4, 0.5) is 5.69 Å². The maximum atomic E-state index is 2.57. The molecule has 1 unspecified atom stereocenters. The summed E-state index contributed by atoms with van der Waals surface area (Å²) in [7, 11) is 13.6. The number of para-hydroxylation sites is 2. The van der Waals surface area contributed by atoms with E-state index >= 15 is 0 Å². The molecule has 1 aromatic heterocycles. The van der Waals surface area contributed by atoms with Gasteiger partial charge in [-0.2, -0.15) is 4.57 Å². The molecule has 1 atom stereocenters. The molecule has 1 aliphatic heterocycles. The lowest BCUT2D eigenvalue weighted by atomic mass is 10.2. The number of thiazole rings is 1. The highest BCUT2D eigenvalue weighted by molar-refractivity contribution is 8.00. The Balaban J connectivity index is 0.00000253. The number of rotatable bonds is 11. The first kappa shape index (κ1) is 36.3. The first-order valence-corrected chi connectivity index (χ1v) is 14.7. The normalized spacial score (nSPS) is 15.3. The van der Waals surface area contributed by atoms with E-state index in [2.05, 4.69) is 125 Å². The van der Waals surface area contributed by atoms with Crippen LogP contribution < -0.4 is 60.4 Å². The van der Waals surface area contributed by atoms with E-state index in [1.807, 2.05) is 23.1 Å². The van der Waals surface area contributed by atoms with Gasteiger partial charge < -0.3 is 64.8 Å². The summed E-state index contributed by atoms with van der Waals surface area (Å²) in [6.07, 6.45) is 11.5. The van der Waals surface area contributed by atoms with E-state index in [-0.39, 0.29) is 50.9 Å². The fourth-order valence-corrected chi connectivity index (χ4v) is 6.98. The predicted molar refractivity (Wildman–Crippen MR) is 159 cm³/mol. The molecule has 216 valence electrons. The van der Waals surface area contributed by atoms with Gasteiger partial charge in [-0.25, -0.2) is 0 Å². The number of benzene rings is 2. The minimum atomic E-state index is 0. The van der Waals surface area contributed by atoms with Crippen LogP contribution in [0.5, 0.6) is 0 Å². The van der Waals surface area contributed by atoms with Crippen molar-refractivity contribution in [1.29, 1.82) is 0 Å². The third-order valence-electron chi connectivity index (χ3n) is 6.43. The molecule has 0 fully saturated rings. The number of hydrogen-bond donors (Lipinski definition) is 0. The van der Waals surface area contributed by atoms with Crippen molar-refractivity contribution in [2.75, 3.05) is 66.8 Å². The van der Waals surface area contributed by atoms with E-state index in [1.54, 1.807) is 0 Å². The number of halogens is 3. The van der Waals surface area contributed by atoms with Crippen LogP contribution in [0.1, 0.15) is 17.8 Å². The van der Waals surface area contributed by atoms with Crippen LogP contribution in [-0.2, 0) is 6.54 Å². The van der Waals surface area contributed by atoms with Crippen LogP contribution in [0.3, 0.4) is 0 Å². The quantitative estimate of drug-likeness (QED) is 0.116. The lowest BCUT2D eigenvalue weighted by molar-refractivity contribution is -0.873. The average molecular weight is 764 g/mol. The van der Waals surface area contributed by atoms with Gasteiger partial charge in [-0.1, -0.05) is 65.6 Å². The summed E-state index contributed by atoms with van der Waals surface area (Å²) >= 11 is 3.85. The Kier molecular flexibility index (Phi) is 15.0. The molecule has 2 heterocycles. The highest BCUT2D eigenvalue weighted by atomic mass is 79.9. The molecule has 3 aromatic rings. The number of aromatic nitrogens is 1. The summed E-state index contributed by atoms with van der Waals surface area (Å²) in [6, 6.07) is 17.6. The van der Waals surface area contributed by atoms with Crippen molar-refractivity contribution in [3.8, 4) is 0 Å². The molecule has 0 aliphatic carbocycles. The number of hydrogen-bond acceptors (Lipinski definition) is 3. The molecule has 0 spiro atoms. The summed E-state index contributed by atoms with van der Waals surface area (Å²) < 4.78 is 5.87.